The van der Waals surface area contributed by atoms with Crippen LogP contribution in [0.1, 0.15) is 21.5 Å². The highest BCUT2D eigenvalue weighted by atomic mass is 35.5. The molecular formula is C23H19ClN4O. The zero-order valence-corrected chi connectivity index (χ0v) is 16.6. The molecule has 1 aromatic heterocycles. The SMILES string of the molecule is Cc1ccc(-c2cnnn2-c2ccc(C(=O)NCc3ccc(Cl)cc3)cc2)cc1. The molecule has 6 heteroatoms. The molecule has 144 valence electrons. The van der Waals surface area contributed by atoms with E-state index in [0.29, 0.717) is 17.1 Å². The summed E-state index contributed by atoms with van der Waals surface area (Å²) < 4.78 is 1.76. The van der Waals surface area contributed by atoms with Gasteiger partial charge in [0.2, 0.25) is 0 Å². The third-order valence-corrected chi connectivity index (χ3v) is 4.89. The summed E-state index contributed by atoms with van der Waals surface area (Å²) >= 11 is 5.89. The fraction of sp³-hybridized carbons (Fsp3) is 0.0870. The monoisotopic (exact) mass is 402 g/mol. The van der Waals surface area contributed by atoms with Crippen molar-refractivity contribution in [3.63, 3.8) is 0 Å². The minimum atomic E-state index is -0.135. The largest absolute Gasteiger partial charge is 0.348 e. The van der Waals surface area contributed by atoms with Gasteiger partial charge in [0.1, 0.15) is 0 Å². The van der Waals surface area contributed by atoms with Gasteiger partial charge in [-0.2, -0.15) is 0 Å². The standard InChI is InChI=1S/C23H19ClN4O/c1-16-2-6-18(7-3-16)22-15-26-27-28(22)21-12-8-19(9-13-21)23(29)25-14-17-4-10-20(24)11-5-17/h2-13,15H,14H2,1H3,(H,25,29). The van der Waals surface area contributed by atoms with Crippen LogP contribution in [0.3, 0.4) is 0 Å². The van der Waals surface area contributed by atoms with Crippen molar-refractivity contribution >= 4 is 17.5 Å². The first-order valence-corrected chi connectivity index (χ1v) is 9.59. The Morgan fingerprint density at radius 3 is 2.34 bits per heavy atom. The van der Waals surface area contributed by atoms with Crippen LogP contribution in [0.15, 0.2) is 79.0 Å². The number of aryl methyl sites for hydroxylation is 1. The molecule has 0 bridgehead atoms. The zero-order valence-electron chi connectivity index (χ0n) is 15.8. The number of hydrogen-bond donors (Lipinski definition) is 1. The van der Waals surface area contributed by atoms with Crippen LogP contribution in [0.2, 0.25) is 5.02 Å². The number of benzene rings is 3. The molecule has 1 heterocycles. The van der Waals surface area contributed by atoms with E-state index in [1.54, 1.807) is 23.0 Å². The Labute approximate surface area is 174 Å². The maximum atomic E-state index is 12.4. The van der Waals surface area contributed by atoms with Crippen molar-refractivity contribution < 1.29 is 4.79 Å². The van der Waals surface area contributed by atoms with Crippen molar-refractivity contribution in [2.45, 2.75) is 13.5 Å². The molecule has 4 rings (SSSR count). The van der Waals surface area contributed by atoms with Crippen molar-refractivity contribution in [2.75, 3.05) is 0 Å². The lowest BCUT2D eigenvalue weighted by Gasteiger charge is -2.09. The predicted molar refractivity (Wildman–Crippen MR) is 114 cm³/mol. The van der Waals surface area contributed by atoms with E-state index in [4.69, 9.17) is 11.6 Å². The van der Waals surface area contributed by atoms with Crippen molar-refractivity contribution in [3.05, 3.63) is 101 Å². The zero-order chi connectivity index (χ0) is 20.2. The third-order valence-electron chi connectivity index (χ3n) is 4.64. The molecule has 0 saturated heterocycles. The number of halogens is 1. The fourth-order valence-corrected chi connectivity index (χ4v) is 3.11. The molecule has 0 aliphatic heterocycles. The molecular weight excluding hydrogens is 384 g/mol. The highest BCUT2D eigenvalue weighted by Crippen LogP contribution is 2.22. The van der Waals surface area contributed by atoms with Gasteiger partial charge in [0, 0.05) is 22.7 Å². The molecule has 0 aliphatic carbocycles. The first kappa shape index (κ1) is 18.9. The maximum Gasteiger partial charge on any atom is 0.251 e. The molecule has 0 saturated carbocycles. The number of rotatable bonds is 5. The van der Waals surface area contributed by atoms with E-state index in [9.17, 15) is 4.79 Å². The minimum absolute atomic E-state index is 0.135. The summed E-state index contributed by atoms with van der Waals surface area (Å²) in [6, 6.07) is 22.9. The van der Waals surface area contributed by atoms with Gasteiger partial charge in [0.15, 0.2) is 0 Å². The third kappa shape index (κ3) is 4.36. The second-order valence-electron chi connectivity index (χ2n) is 6.75. The summed E-state index contributed by atoms with van der Waals surface area (Å²) in [6.07, 6.45) is 1.73. The Morgan fingerprint density at radius 2 is 1.66 bits per heavy atom. The Bertz CT molecular complexity index is 1120. The molecule has 0 spiro atoms. The van der Waals surface area contributed by atoms with Gasteiger partial charge < -0.3 is 5.32 Å². The van der Waals surface area contributed by atoms with Gasteiger partial charge in [-0.25, -0.2) is 4.68 Å². The van der Waals surface area contributed by atoms with E-state index >= 15 is 0 Å². The first-order valence-electron chi connectivity index (χ1n) is 9.21. The van der Waals surface area contributed by atoms with E-state index in [1.807, 2.05) is 48.5 Å². The predicted octanol–water partition coefficient (Wildman–Crippen LogP) is 4.83. The first-order chi connectivity index (χ1) is 14.1. The van der Waals surface area contributed by atoms with E-state index < -0.39 is 0 Å². The van der Waals surface area contributed by atoms with Crippen LogP contribution in [-0.2, 0) is 6.54 Å². The average molecular weight is 403 g/mol. The Hall–Kier alpha value is -3.44. The highest BCUT2D eigenvalue weighted by molar-refractivity contribution is 6.30. The van der Waals surface area contributed by atoms with Crippen LogP contribution in [0.25, 0.3) is 16.9 Å². The summed E-state index contributed by atoms with van der Waals surface area (Å²) in [7, 11) is 0. The average Bonchev–Trinajstić information content (AvgIpc) is 3.24. The summed E-state index contributed by atoms with van der Waals surface area (Å²) in [5.74, 6) is -0.135. The molecule has 1 amide bonds. The van der Waals surface area contributed by atoms with E-state index in [-0.39, 0.29) is 5.91 Å². The summed E-state index contributed by atoms with van der Waals surface area (Å²) in [5.41, 5.74) is 5.54. The van der Waals surface area contributed by atoms with Gasteiger partial charge in [-0.05, 0) is 48.9 Å². The van der Waals surface area contributed by atoms with Gasteiger partial charge in [0.25, 0.3) is 5.91 Å². The second kappa shape index (κ2) is 8.29. The van der Waals surface area contributed by atoms with Gasteiger partial charge in [-0.3, -0.25) is 4.79 Å². The van der Waals surface area contributed by atoms with Crippen molar-refractivity contribution in [1.29, 1.82) is 0 Å². The molecule has 0 fully saturated rings. The molecule has 3 aromatic carbocycles. The van der Waals surface area contributed by atoms with Gasteiger partial charge in [-0.15, -0.1) is 5.10 Å². The van der Waals surface area contributed by atoms with E-state index in [0.717, 1.165) is 22.5 Å². The summed E-state index contributed by atoms with van der Waals surface area (Å²) in [4.78, 5) is 12.4. The topological polar surface area (TPSA) is 59.8 Å². The summed E-state index contributed by atoms with van der Waals surface area (Å²) in [6.45, 7) is 2.49. The van der Waals surface area contributed by atoms with Crippen LogP contribution in [0, 0.1) is 6.92 Å². The highest BCUT2D eigenvalue weighted by Gasteiger charge is 2.10. The molecule has 29 heavy (non-hydrogen) atoms. The fourth-order valence-electron chi connectivity index (χ4n) is 2.99. The van der Waals surface area contributed by atoms with Crippen LogP contribution >= 0.6 is 11.6 Å². The van der Waals surface area contributed by atoms with Crippen molar-refractivity contribution in [3.8, 4) is 16.9 Å². The lowest BCUT2D eigenvalue weighted by Crippen LogP contribution is -2.22. The number of nitrogens with one attached hydrogen (secondary N) is 1. The number of nitrogens with zero attached hydrogens (tertiary/aromatic N) is 3. The molecule has 0 atom stereocenters. The number of aromatic nitrogens is 3. The molecule has 5 nitrogen and oxygen atoms in total. The number of amides is 1. The van der Waals surface area contributed by atoms with Crippen LogP contribution in [-0.4, -0.2) is 20.9 Å². The lowest BCUT2D eigenvalue weighted by molar-refractivity contribution is 0.0951. The Balaban J connectivity index is 1.48. The number of carbonyl (C=O) groups excluding carboxylic acids is 1. The number of hydrogen-bond acceptors (Lipinski definition) is 3. The minimum Gasteiger partial charge on any atom is -0.348 e. The quantitative estimate of drug-likeness (QED) is 0.520. The van der Waals surface area contributed by atoms with Crippen LogP contribution in [0.5, 0.6) is 0 Å². The number of carbonyl (C=O) groups is 1. The summed E-state index contributed by atoms with van der Waals surface area (Å²) in [5, 5.41) is 11.8. The molecule has 4 aromatic rings. The molecule has 1 N–H and O–H groups in total. The normalized spacial score (nSPS) is 10.7. The van der Waals surface area contributed by atoms with Crippen LogP contribution in [0.4, 0.5) is 0 Å². The van der Waals surface area contributed by atoms with E-state index in [1.165, 1.54) is 5.56 Å². The van der Waals surface area contributed by atoms with Gasteiger partial charge in [-0.1, -0.05) is 58.8 Å². The maximum absolute atomic E-state index is 12.4. The molecule has 0 aliphatic rings. The van der Waals surface area contributed by atoms with Crippen molar-refractivity contribution in [1.82, 2.24) is 20.3 Å². The molecule has 0 unspecified atom stereocenters. The van der Waals surface area contributed by atoms with Crippen LogP contribution < -0.4 is 5.32 Å². The van der Waals surface area contributed by atoms with E-state index in [2.05, 4.69) is 34.7 Å². The van der Waals surface area contributed by atoms with Crippen molar-refractivity contribution in [2.24, 2.45) is 0 Å². The lowest BCUT2D eigenvalue weighted by atomic mass is 10.1. The second-order valence-corrected chi connectivity index (χ2v) is 7.19. The van der Waals surface area contributed by atoms with Gasteiger partial charge in [0.05, 0.1) is 17.6 Å². The Kier molecular flexibility index (Phi) is 5.40. The smallest absolute Gasteiger partial charge is 0.251 e. The Morgan fingerprint density at radius 1 is 0.966 bits per heavy atom. The molecule has 0 radical (unpaired) electrons. The van der Waals surface area contributed by atoms with Gasteiger partial charge >= 0.3 is 0 Å².